The number of anilines is 1. The Morgan fingerprint density at radius 2 is 1.81 bits per heavy atom. The van der Waals surface area contributed by atoms with Crippen molar-refractivity contribution in [1.82, 2.24) is 9.78 Å². The van der Waals surface area contributed by atoms with Crippen molar-refractivity contribution in [2.75, 3.05) is 5.32 Å². The molecule has 6 nitrogen and oxygen atoms in total. The lowest BCUT2D eigenvalue weighted by Gasteiger charge is -2.09. The van der Waals surface area contributed by atoms with Gasteiger partial charge in [-0.1, -0.05) is 12.1 Å². The summed E-state index contributed by atoms with van der Waals surface area (Å²) in [6.45, 7) is 1.88. The molecule has 2 rings (SSSR count). The zero-order valence-corrected chi connectivity index (χ0v) is 14.9. The maximum absolute atomic E-state index is 12.6. The number of amides is 1. The molecule has 0 bridgehead atoms. The molecule has 0 atom stereocenters. The van der Waals surface area contributed by atoms with Gasteiger partial charge in [0, 0.05) is 23.4 Å². The number of carbonyl (C=O) groups excluding carboxylic acids is 1. The van der Waals surface area contributed by atoms with Crippen LogP contribution in [-0.2, 0) is 29.0 Å². The van der Waals surface area contributed by atoms with Crippen LogP contribution in [0.25, 0.3) is 0 Å². The van der Waals surface area contributed by atoms with E-state index in [2.05, 4.69) is 10.4 Å². The van der Waals surface area contributed by atoms with Crippen LogP contribution < -0.4 is 5.32 Å². The molecule has 2 aromatic rings. The highest BCUT2D eigenvalue weighted by molar-refractivity contribution is 5.92. The quantitative estimate of drug-likeness (QED) is 0.769. The van der Waals surface area contributed by atoms with Gasteiger partial charge in [-0.05, 0) is 38.0 Å². The zero-order chi connectivity index (χ0) is 20.2. The number of halogens is 3. The molecule has 146 valence electrons. The Morgan fingerprint density at radius 3 is 2.37 bits per heavy atom. The van der Waals surface area contributed by atoms with E-state index in [1.807, 2.05) is 0 Å². The van der Waals surface area contributed by atoms with E-state index < -0.39 is 18.7 Å². The molecule has 1 heterocycles. The van der Waals surface area contributed by atoms with E-state index in [9.17, 15) is 22.8 Å². The third kappa shape index (κ3) is 6.12. The van der Waals surface area contributed by atoms with Crippen molar-refractivity contribution in [2.24, 2.45) is 0 Å². The van der Waals surface area contributed by atoms with Gasteiger partial charge < -0.3 is 10.4 Å². The van der Waals surface area contributed by atoms with Crippen LogP contribution in [0, 0.1) is 13.8 Å². The number of rotatable bonds is 7. The van der Waals surface area contributed by atoms with Crippen molar-refractivity contribution in [2.45, 2.75) is 45.8 Å². The number of nitrogens with zero attached hydrogens (tertiary/aromatic N) is 2. The summed E-state index contributed by atoms with van der Waals surface area (Å²) in [5.74, 6) is -1.25. The van der Waals surface area contributed by atoms with Gasteiger partial charge in [0.05, 0.1) is 12.1 Å². The molecule has 1 amide bonds. The fraction of sp³-hybridized carbons (Fsp3) is 0.389. The van der Waals surface area contributed by atoms with Crippen LogP contribution in [0.15, 0.2) is 24.3 Å². The molecular weight excluding hydrogens is 363 g/mol. The predicted octanol–water partition coefficient (Wildman–Crippen LogP) is 3.26. The smallest absolute Gasteiger partial charge is 0.408 e. The monoisotopic (exact) mass is 383 g/mol. The maximum Gasteiger partial charge on any atom is 0.408 e. The average molecular weight is 383 g/mol. The number of hydrogen-bond acceptors (Lipinski definition) is 3. The molecule has 0 aliphatic rings. The van der Waals surface area contributed by atoms with Crippen molar-refractivity contribution < 1.29 is 27.9 Å². The SMILES string of the molecule is Cc1nn(CC(F)(F)F)c(C)c1CC(=O)Nc1ccc(CCC(=O)O)cc1. The number of carbonyl (C=O) groups is 2. The molecule has 9 heteroatoms. The van der Waals surface area contributed by atoms with Crippen molar-refractivity contribution in [3.63, 3.8) is 0 Å². The highest BCUT2D eigenvalue weighted by Gasteiger charge is 2.30. The third-order valence-electron chi connectivity index (χ3n) is 4.06. The number of aryl methyl sites for hydroxylation is 2. The molecule has 0 fully saturated rings. The fourth-order valence-corrected chi connectivity index (χ4v) is 2.69. The topological polar surface area (TPSA) is 84.2 Å². The first kappa shape index (κ1) is 20.5. The van der Waals surface area contributed by atoms with Gasteiger partial charge in [0.1, 0.15) is 6.54 Å². The van der Waals surface area contributed by atoms with Crippen LogP contribution in [0.1, 0.15) is 28.9 Å². The number of nitrogens with one attached hydrogen (secondary N) is 1. The van der Waals surface area contributed by atoms with E-state index in [-0.39, 0.29) is 18.7 Å². The summed E-state index contributed by atoms with van der Waals surface area (Å²) in [6.07, 6.45) is -4.06. The number of carboxylic acid groups (broad SMARTS) is 1. The van der Waals surface area contributed by atoms with Crippen molar-refractivity contribution in [1.29, 1.82) is 0 Å². The van der Waals surface area contributed by atoms with E-state index in [0.29, 0.717) is 29.1 Å². The van der Waals surface area contributed by atoms with Crippen LogP contribution in [0.5, 0.6) is 0 Å². The first-order valence-corrected chi connectivity index (χ1v) is 8.25. The first-order chi connectivity index (χ1) is 12.5. The van der Waals surface area contributed by atoms with E-state index in [0.717, 1.165) is 10.2 Å². The number of hydrogen-bond donors (Lipinski definition) is 2. The van der Waals surface area contributed by atoms with Crippen molar-refractivity contribution in [3.8, 4) is 0 Å². The Bertz CT molecular complexity index is 827. The number of carboxylic acids is 1. The van der Waals surface area contributed by atoms with Gasteiger partial charge in [-0.3, -0.25) is 14.3 Å². The number of aliphatic carboxylic acids is 1. The molecule has 0 aliphatic heterocycles. The normalized spacial score (nSPS) is 11.4. The Kier molecular flexibility index (Phi) is 6.24. The van der Waals surface area contributed by atoms with Gasteiger partial charge in [-0.2, -0.15) is 18.3 Å². The zero-order valence-electron chi connectivity index (χ0n) is 14.9. The molecule has 0 spiro atoms. The summed E-state index contributed by atoms with van der Waals surface area (Å²) < 4.78 is 38.6. The summed E-state index contributed by atoms with van der Waals surface area (Å²) >= 11 is 0. The molecule has 0 radical (unpaired) electrons. The second kappa shape index (κ2) is 8.24. The molecule has 0 saturated carbocycles. The summed E-state index contributed by atoms with van der Waals surface area (Å²) in [7, 11) is 0. The number of alkyl halides is 3. The standard InChI is InChI=1S/C18H20F3N3O3/c1-11-15(12(2)24(23-11)10-18(19,20)21)9-16(25)22-14-6-3-13(4-7-14)5-8-17(26)27/h3-4,6-7H,5,8-10H2,1-2H3,(H,22,25)(H,26,27). The second-order valence-corrected chi connectivity index (χ2v) is 6.24. The number of benzene rings is 1. The molecule has 0 unspecified atom stereocenters. The van der Waals surface area contributed by atoms with Crippen LogP contribution in [-0.4, -0.2) is 32.9 Å². The lowest BCUT2D eigenvalue weighted by Crippen LogP contribution is -2.20. The summed E-state index contributed by atoms with van der Waals surface area (Å²) in [5.41, 5.74) is 2.52. The van der Waals surface area contributed by atoms with Gasteiger partial charge in [0.25, 0.3) is 0 Å². The van der Waals surface area contributed by atoms with Gasteiger partial charge in [-0.25, -0.2) is 0 Å². The first-order valence-electron chi connectivity index (χ1n) is 8.25. The molecule has 1 aromatic carbocycles. The van der Waals surface area contributed by atoms with Gasteiger partial charge in [-0.15, -0.1) is 0 Å². The lowest BCUT2D eigenvalue weighted by atomic mass is 10.1. The van der Waals surface area contributed by atoms with Crippen molar-refractivity contribution >= 4 is 17.6 Å². The number of aromatic nitrogens is 2. The van der Waals surface area contributed by atoms with Crippen LogP contribution >= 0.6 is 0 Å². The Labute approximate surface area is 154 Å². The maximum atomic E-state index is 12.6. The molecule has 0 saturated heterocycles. The van der Waals surface area contributed by atoms with Crippen molar-refractivity contribution in [3.05, 3.63) is 46.8 Å². The van der Waals surface area contributed by atoms with Crippen LogP contribution in [0.2, 0.25) is 0 Å². The molecule has 2 N–H and O–H groups in total. The van der Waals surface area contributed by atoms with Gasteiger partial charge >= 0.3 is 12.1 Å². The lowest BCUT2D eigenvalue weighted by molar-refractivity contribution is -0.143. The van der Waals surface area contributed by atoms with E-state index in [4.69, 9.17) is 5.11 Å². The molecule has 1 aromatic heterocycles. The highest BCUT2D eigenvalue weighted by atomic mass is 19.4. The molecular formula is C18H20F3N3O3. The van der Waals surface area contributed by atoms with E-state index >= 15 is 0 Å². The van der Waals surface area contributed by atoms with Crippen LogP contribution in [0.4, 0.5) is 18.9 Å². The predicted molar refractivity (Wildman–Crippen MR) is 92.5 cm³/mol. The largest absolute Gasteiger partial charge is 0.481 e. The molecule has 27 heavy (non-hydrogen) atoms. The Balaban J connectivity index is 2.00. The van der Waals surface area contributed by atoms with Gasteiger partial charge in [0.15, 0.2) is 0 Å². The van der Waals surface area contributed by atoms with E-state index in [1.165, 1.54) is 6.92 Å². The van der Waals surface area contributed by atoms with E-state index in [1.54, 1.807) is 31.2 Å². The Hall–Kier alpha value is -2.84. The minimum atomic E-state index is -4.38. The minimum Gasteiger partial charge on any atom is -0.481 e. The fourth-order valence-electron chi connectivity index (χ4n) is 2.69. The second-order valence-electron chi connectivity index (χ2n) is 6.24. The Morgan fingerprint density at radius 1 is 1.19 bits per heavy atom. The summed E-state index contributed by atoms with van der Waals surface area (Å²) in [6, 6.07) is 6.75. The van der Waals surface area contributed by atoms with Crippen LogP contribution in [0.3, 0.4) is 0 Å². The third-order valence-corrected chi connectivity index (χ3v) is 4.06. The summed E-state index contributed by atoms with van der Waals surface area (Å²) in [5, 5.41) is 15.2. The van der Waals surface area contributed by atoms with Gasteiger partial charge in [0.2, 0.25) is 5.91 Å². The average Bonchev–Trinajstić information content (AvgIpc) is 2.80. The summed E-state index contributed by atoms with van der Waals surface area (Å²) in [4.78, 5) is 22.8. The minimum absolute atomic E-state index is 0.0200. The highest BCUT2D eigenvalue weighted by Crippen LogP contribution is 2.21. The molecule has 0 aliphatic carbocycles.